The normalized spacial score (nSPS) is 21.9. The molecule has 0 spiro atoms. The minimum Gasteiger partial charge on any atom is -0.494 e. The number of ether oxygens (including phenoxy) is 2. The van der Waals surface area contributed by atoms with Crippen molar-refractivity contribution < 1.29 is 9.47 Å². The van der Waals surface area contributed by atoms with E-state index in [0.29, 0.717) is 11.6 Å². The lowest BCUT2D eigenvalue weighted by Crippen LogP contribution is -2.63. The molecule has 2 fully saturated rings. The van der Waals surface area contributed by atoms with Crippen LogP contribution >= 0.6 is 0 Å². The fraction of sp³-hybridized carbons (Fsp3) is 0.385. The largest absolute Gasteiger partial charge is 0.494 e. The Labute approximate surface area is 189 Å². The molecule has 6 nitrogen and oxygen atoms in total. The number of fused-ring (bicyclic) bond motifs is 1. The highest BCUT2D eigenvalue weighted by Gasteiger charge is 2.37. The number of rotatable bonds is 4. The molecule has 2 aromatic carbocycles. The lowest BCUT2D eigenvalue weighted by atomic mass is 9.99. The molecule has 0 radical (unpaired) electrons. The first-order valence-electron chi connectivity index (χ1n) is 11.2. The highest BCUT2D eigenvalue weighted by atomic mass is 16.5. The topological polar surface area (TPSA) is 61.6 Å². The standard InChI is InChI=1S/C26H28N4O2/c1-17-13-29(14-18(2)32-17)21-15-30(16-21)24-12-28-25-22(5-4-6-23(25)26(24)31-3)20-9-7-19(11-27)8-10-20/h4-10,12,17-18,21H,13-16H2,1-3H3. The van der Waals surface area contributed by atoms with E-state index in [0.717, 1.165) is 59.6 Å². The maximum atomic E-state index is 9.09. The van der Waals surface area contributed by atoms with Gasteiger partial charge in [0.05, 0.1) is 48.4 Å². The average Bonchev–Trinajstić information content (AvgIpc) is 2.77. The monoisotopic (exact) mass is 428 g/mol. The van der Waals surface area contributed by atoms with Crippen LogP contribution in [0.25, 0.3) is 22.0 Å². The summed E-state index contributed by atoms with van der Waals surface area (Å²) in [5.74, 6) is 0.868. The Morgan fingerprint density at radius 3 is 2.41 bits per heavy atom. The number of para-hydroxylation sites is 1. The van der Waals surface area contributed by atoms with Crippen molar-refractivity contribution in [3.8, 4) is 22.9 Å². The first kappa shape index (κ1) is 20.7. The van der Waals surface area contributed by atoms with E-state index in [-0.39, 0.29) is 12.2 Å². The molecule has 3 heterocycles. The van der Waals surface area contributed by atoms with Crippen molar-refractivity contribution in [1.29, 1.82) is 5.26 Å². The van der Waals surface area contributed by atoms with E-state index in [4.69, 9.17) is 19.7 Å². The Morgan fingerprint density at radius 2 is 1.75 bits per heavy atom. The predicted octanol–water partition coefficient (Wildman–Crippen LogP) is 4.08. The molecule has 2 saturated heterocycles. The Hall–Kier alpha value is -3.14. The number of nitriles is 1. The highest BCUT2D eigenvalue weighted by Crippen LogP contribution is 2.40. The van der Waals surface area contributed by atoms with Crippen LogP contribution in [0.1, 0.15) is 19.4 Å². The van der Waals surface area contributed by atoms with E-state index in [1.165, 1.54) is 0 Å². The van der Waals surface area contributed by atoms with Crippen molar-refractivity contribution in [3.63, 3.8) is 0 Å². The van der Waals surface area contributed by atoms with Crippen molar-refractivity contribution >= 4 is 16.6 Å². The number of benzene rings is 2. The average molecular weight is 429 g/mol. The lowest BCUT2D eigenvalue weighted by Gasteiger charge is -2.49. The number of morpholine rings is 1. The number of methoxy groups -OCH3 is 1. The van der Waals surface area contributed by atoms with Crippen molar-refractivity contribution in [2.75, 3.05) is 38.2 Å². The molecule has 32 heavy (non-hydrogen) atoms. The van der Waals surface area contributed by atoms with E-state index >= 15 is 0 Å². The summed E-state index contributed by atoms with van der Waals surface area (Å²) in [5.41, 5.74) is 4.68. The van der Waals surface area contributed by atoms with Gasteiger partial charge in [0.25, 0.3) is 0 Å². The molecule has 5 rings (SSSR count). The molecule has 1 aromatic heterocycles. The second-order valence-electron chi connectivity index (χ2n) is 8.84. The van der Waals surface area contributed by atoms with E-state index < -0.39 is 0 Å². The van der Waals surface area contributed by atoms with Gasteiger partial charge in [-0.3, -0.25) is 9.88 Å². The third-order valence-corrected chi connectivity index (χ3v) is 6.53. The Balaban J connectivity index is 1.43. The van der Waals surface area contributed by atoms with Crippen LogP contribution in [0.15, 0.2) is 48.7 Å². The van der Waals surface area contributed by atoms with Gasteiger partial charge in [0.1, 0.15) is 0 Å². The second kappa shape index (κ2) is 8.42. The number of pyridine rings is 1. The SMILES string of the molecule is COc1c(N2CC(N3CC(C)OC(C)C3)C2)cnc2c(-c3ccc(C#N)cc3)cccc12. The van der Waals surface area contributed by atoms with Crippen molar-refractivity contribution in [3.05, 3.63) is 54.2 Å². The molecule has 0 saturated carbocycles. The van der Waals surface area contributed by atoms with Crippen molar-refractivity contribution in [2.45, 2.75) is 32.1 Å². The smallest absolute Gasteiger partial charge is 0.153 e. The van der Waals surface area contributed by atoms with E-state index in [2.05, 4.69) is 41.8 Å². The molecule has 2 unspecified atom stereocenters. The van der Waals surface area contributed by atoms with Gasteiger partial charge in [0, 0.05) is 43.2 Å². The van der Waals surface area contributed by atoms with Gasteiger partial charge in [-0.25, -0.2) is 0 Å². The summed E-state index contributed by atoms with van der Waals surface area (Å²) in [5, 5.41) is 10.1. The van der Waals surface area contributed by atoms with Crippen LogP contribution in [0.4, 0.5) is 5.69 Å². The Morgan fingerprint density at radius 1 is 1.03 bits per heavy atom. The zero-order valence-electron chi connectivity index (χ0n) is 18.8. The molecular formula is C26H28N4O2. The van der Waals surface area contributed by atoms with Gasteiger partial charge in [0.15, 0.2) is 5.75 Å². The van der Waals surface area contributed by atoms with Crippen LogP contribution in [0.3, 0.4) is 0 Å². The minimum absolute atomic E-state index is 0.283. The molecule has 2 aliphatic heterocycles. The van der Waals surface area contributed by atoms with Crippen molar-refractivity contribution in [2.24, 2.45) is 0 Å². The number of hydrogen-bond acceptors (Lipinski definition) is 6. The summed E-state index contributed by atoms with van der Waals surface area (Å²) < 4.78 is 11.8. The Bertz CT molecular complexity index is 1150. The molecule has 0 bridgehead atoms. The first-order chi connectivity index (χ1) is 15.6. The van der Waals surface area contributed by atoms with E-state index in [9.17, 15) is 0 Å². The predicted molar refractivity (Wildman–Crippen MR) is 126 cm³/mol. The fourth-order valence-corrected chi connectivity index (χ4v) is 4.98. The second-order valence-corrected chi connectivity index (χ2v) is 8.84. The van der Waals surface area contributed by atoms with Gasteiger partial charge < -0.3 is 14.4 Å². The molecule has 0 aliphatic carbocycles. The van der Waals surface area contributed by atoms with Crippen LogP contribution in [0.5, 0.6) is 5.75 Å². The summed E-state index contributed by atoms with van der Waals surface area (Å²) in [4.78, 5) is 9.76. The fourth-order valence-electron chi connectivity index (χ4n) is 4.98. The summed E-state index contributed by atoms with van der Waals surface area (Å²) in [6.07, 6.45) is 2.50. The molecule has 164 valence electrons. The summed E-state index contributed by atoms with van der Waals surface area (Å²) >= 11 is 0. The molecule has 3 aromatic rings. The van der Waals surface area contributed by atoms with Crippen LogP contribution in [0.2, 0.25) is 0 Å². The Kier molecular flexibility index (Phi) is 5.46. The van der Waals surface area contributed by atoms with Gasteiger partial charge in [-0.05, 0) is 37.6 Å². The third-order valence-electron chi connectivity index (χ3n) is 6.53. The molecule has 2 aliphatic rings. The maximum absolute atomic E-state index is 9.09. The number of nitrogens with zero attached hydrogens (tertiary/aromatic N) is 4. The summed E-state index contributed by atoms with van der Waals surface area (Å²) in [6.45, 7) is 8.23. The molecular weight excluding hydrogens is 400 g/mol. The molecule has 6 heteroatoms. The highest BCUT2D eigenvalue weighted by molar-refractivity contribution is 5.99. The maximum Gasteiger partial charge on any atom is 0.153 e. The zero-order valence-corrected chi connectivity index (χ0v) is 18.8. The first-order valence-corrected chi connectivity index (χ1v) is 11.2. The number of hydrogen-bond donors (Lipinski definition) is 0. The molecule has 0 N–H and O–H groups in total. The van der Waals surface area contributed by atoms with Gasteiger partial charge in [-0.15, -0.1) is 0 Å². The van der Waals surface area contributed by atoms with Gasteiger partial charge in [-0.2, -0.15) is 5.26 Å². The van der Waals surface area contributed by atoms with Gasteiger partial charge in [-0.1, -0.05) is 24.3 Å². The summed E-state index contributed by atoms with van der Waals surface area (Å²) in [7, 11) is 1.73. The van der Waals surface area contributed by atoms with Crippen LogP contribution in [-0.2, 0) is 4.74 Å². The van der Waals surface area contributed by atoms with Gasteiger partial charge in [0.2, 0.25) is 0 Å². The number of anilines is 1. The quantitative estimate of drug-likeness (QED) is 0.624. The molecule has 2 atom stereocenters. The van der Waals surface area contributed by atoms with Gasteiger partial charge >= 0.3 is 0 Å². The van der Waals surface area contributed by atoms with E-state index in [1.807, 2.05) is 36.5 Å². The van der Waals surface area contributed by atoms with E-state index in [1.54, 1.807) is 7.11 Å². The lowest BCUT2D eigenvalue weighted by molar-refractivity contribution is -0.0831. The number of aromatic nitrogens is 1. The summed E-state index contributed by atoms with van der Waals surface area (Å²) in [6, 6.07) is 16.5. The van der Waals surface area contributed by atoms with Crippen LogP contribution < -0.4 is 9.64 Å². The van der Waals surface area contributed by atoms with Crippen LogP contribution in [0, 0.1) is 11.3 Å². The van der Waals surface area contributed by atoms with Crippen molar-refractivity contribution in [1.82, 2.24) is 9.88 Å². The molecule has 0 amide bonds. The minimum atomic E-state index is 0.283. The van der Waals surface area contributed by atoms with Crippen LogP contribution in [-0.4, -0.2) is 61.4 Å². The third kappa shape index (κ3) is 3.68. The zero-order chi connectivity index (χ0) is 22.2.